The van der Waals surface area contributed by atoms with E-state index in [1.807, 2.05) is 7.05 Å². The zero-order valence-corrected chi connectivity index (χ0v) is 8.23. The van der Waals surface area contributed by atoms with Crippen molar-refractivity contribution in [2.75, 3.05) is 33.2 Å². The van der Waals surface area contributed by atoms with Crippen LogP contribution < -0.4 is 16.4 Å². The third-order valence-electron chi connectivity index (χ3n) is 1.86. The molecule has 0 aromatic rings. The van der Waals surface area contributed by atoms with E-state index in [0.29, 0.717) is 0 Å². The van der Waals surface area contributed by atoms with E-state index in [2.05, 4.69) is 10.6 Å². The van der Waals surface area contributed by atoms with Gasteiger partial charge in [0.1, 0.15) is 0 Å². The number of rotatable bonds is 9. The van der Waals surface area contributed by atoms with Crippen LogP contribution in [-0.2, 0) is 0 Å². The van der Waals surface area contributed by atoms with Gasteiger partial charge in [-0.3, -0.25) is 0 Å². The minimum absolute atomic E-state index is 0.840. The maximum Gasteiger partial charge on any atom is 0.00766 e. The lowest BCUT2D eigenvalue weighted by molar-refractivity contribution is 0.582. The van der Waals surface area contributed by atoms with Crippen molar-refractivity contribution in [3.8, 4) is 0 Å². The van der Waals surface area contributed by atoms with Crippen molar-refractivity contribution in [2.45, 2.75) is 25.7 Å². The highest BCUT2D eigenvalue weighted by atomic mass is 14.9. The Hall–Kier alpha value is -0.120. The largest absolute Gasteiger partial charge is 0.330 e. The van der Waals surface area contributed by atoms with Gasteiger partial charge < -0.3 is 16.4 Å². The molecule has 0 aliphatic carbocycles. The van der Waals surface area contributed by atoms with Crippen LogP contribution >= 0.6 is 0 Å². The quantitative estimate of drug-likeness (QED) is 0.440. The first kappa shape index (κ1) is 11.9. The molecule has 0 rings (SSSR count). The first-order valence-corrected chi connectivity index (χ1v) is 4.97. The van der Waals surface area contributed by atoms with E-state index in [-0.39, 0.29) is 0 Å². The number of likely N-dealkylation sites (N-methyl/N-ethyl adjacent to an activating group) is 1. The number of hydrogen-bond donors (Lipinski definition) is 3. The van der Waals surface area contributed by atoms with Crippen LogP contribution in [0.5, 0.6) is 0 Å². The van der Waals surface area contributed by atoms with Crippen LogP contribution in [-0.4, -0.2) is 33.2 Å². The molecule has 0 unspecified atom stereocenters. The van der Waals surface area contributed by atoms with Gasteiger partial charge in [0.05, 0.1) is 0 Å². The van der Waals surface area contributed by atoms with E-state index >= 15 is 0 Å². The molecule has 74 valence electrons. The van der Waals surface area contributed by atoms with Crippen LogP contribution in [0.15, 0.2) is 0 Å². The van der Waals surface area contributed by atoms with Crippen LogP contribution in [0.2, 0.25) is 0 Å². The van der Waals surface area contributed by atoms with Crippen LogP contribution in [0.4, 0.5) is 0 Å². The monoisotopic (exact) mass is 173 g/mol. The maximum atomic E-state index is 5.39. The summed E-state index contributed by atoms with van der Waals surface area (Å²) in [6.07, 6.45) is 5.05. The molecule has 0 aromatic carbocycles. The van der Waals surface area contributed by atoms with Gasteiger partial charge in [-0.05, 0) is 33.0 Å². The Morgan fingerprint density at radius 2 is 1.67 bits per heavy atom. The second-order valence-electron chi connectivity index (χ2n) is 3.06. The number of unbranched alkanes of at least 4 members (excludes halogenated alkanes) is 3. The molecule has 0 saturated carbocycles. The normalized spacial score (nSPS) is 10.5. The smallest absolute Gasteiger partial charge is 0.00766 e. The molecule has 12 heavy (non-hydrogen) atoms. The molecular formula is C9H23N3. The Balaban J connectivity index is 2.73. The topological polar surface area (TPSA) is 50.1 Å². The molecule has 4 N–H and O–H groups in total. The summed E-state index contributed by atoms with van der Waals surface area (Å²) < 4.78 is 0. The van der Waals surface area contributed by atoms with Gasteiger partial charge in [0.25, 0.3) is 0 Å². The Morgan fingerprint density at radius 1 is 0.917 bits per heavy atom. The van der Waals surface area contributed by atoms with Crippen molar-refractivity contribution < 1.29 is 0 Å². The van der Waals surface area contributed by atoms with Gasteiger partial charge in [-0.1, -0.05) is 12.8 Å². The van der Waals surface area contributed by atoms with Crippen molar-refractivity contribution in [3.63, 3.8) is 0 Å². The molecule has 0 atom stereocenters. The van der Waals surface area contributed by atoms with Crippen LogP contribution in [0, 0.1) is 0 Å². The SMILES string of the molecule is CNCCNCCCCCCN. The van der Waals surface area contributed by atoms with Crippen molar-refractivity contribution >= 4 is 0 Å². The summed E-state index contributed by atoms with van der Waals surface area (Å²) in [7, 11) is 1.98. The predicted octanol–water partition coefficient (Wildman–Crippen LogP) is 0.315. The molecular weight excluding hydrogens is 150 g/mol. The summed E-state index contributed by atoms with van der Waals surface area (Å²) in [6.45, 7) is 4.12. The van der Waals surface area contributed by atoms with Gasteiger partial charge >= 0.3 is 0 Å². The second kappa shape index (κ2) is 10.9. The lowest BCUT2D eigenvalue weighted by Crippen LogP contribution is -2.25. The van der Waals surface area contributed by atoms with E-state index in [4.69, 9.17) is 5.73 Å². The molecule has 3 heteroatoms. The van der Waals surface area contributed by atoms with Crippen LogP contribution in [0.1, 0.15) is 25.7 Å². The summed E-state index contributed by atoms with van der Waals surface area (Å²) in [4.78, 5) is 0. The molecule has 0 amide bonds. The molecule has 0 aliphatic rings. The minimum atomic E-state index is 0.840. The lowest BCUT2D eigenvalue weighted by atomic mass is 10.2. The summed E-state index contributed by atoms with van der Waals surface area (Å²) in [5.74, 6) is 0. The van der Waals surface area contributed by atoms with Gasteiger partial charge in [0.15, 0.2) is 0 Å². The van der Waals surface area contributed by atoms with Gasteiger partial charge in [0.2, 0.25) is 0 Å². The summed E-state index contributed by atoms with van der Waals surface area (Å²) in [6, 6.07) is 0. The van der Waals surface area contributed by atoms with Crippen molar-refractivity contribution in [1.82, 2.24) is 10.6 Å². The molecule has 3 nitrogen and oxygen atoms in total. The average molecular weight is 173 g/mol. The van der Waals surface area contributed by atoms with E-state index < -0.39 is 0 Å². The lowest BCUT2D eigenvalue weighted by Gasteiger charge is -2.03. The zero-order chi connectivity index (χ0) is 9.07. The van der Waals surface area contributed by atoms with Crippen molar-refractivity contribution in [2.24, 2.45) is 5.73 Å². The van der Waals surface area contributed by atoms with E-state index in [1.165, 1.54) is 25.7 Å². The van der Waals surface area contributed by atoms with E-state index in [1.54, 1.807) is 0 Å². The van der Waals surface area contributed by atoms with Gasteiger partial charge in [-0.15, -0.1) is 0 Å². The molecule has 0 saturated heterocycles. The fourth-order valence-corrected chi connectivity index (χ4v) is 1.09. The highest BCUT2D eigenvalue weighted by Crippen LogP contribution is 1.96. The van der Waals surface area contributed by atoms with Gasteiger partial charge in [-0.25, -0.2) is 0 Å². The molecule has 0 fully saturated rings. The van der Waals surface area contributed by atoms with Crippen LogP contribution in [0.25, 0.3) is 0 Å². The average Bonchev–Trinajstić information content (AvgIpc) is 2.10. The Morgan fingerprint density at radius 3 is 2.33 bits per heavy atom. The fraction of sp³-hybridized carbons (Fsp3) is 1.00. The number of nitrogens with two attached hydrogens (primary N) is 1. The molecule has 0 aromatic heterocycles. The summed E-state index contributed by atoms with van der Waals surface area (Å²) >= 11 is 0. The summed E-state index contributed by atoms with van der Waals surface area (Å²) in [5.41, 5.74) is 5.39. The first-order valence-electron chi connectivity index (χ1n) is 4.97. The number of nitrogens with one attached hydrogen (secondary N) is 2. The van der Waals surface area contributed by atoms with Gasteiger partial charge in [-0.2, -0.15) is 0 Å². The van der Waals surface area contributed by atoms with Crippen molar-refractivity contribution in [1.29, 1.82) is 0 Å². The first-order chi connectivity index (χ1) is 5.91. The fourth-order valence-electron chi connectivity index (χ4n) is 1.09. The third kappa shape index (κ3) is 9.88. The molecule has 0 spiro atoms. The van der Waals surface area contributed by atoms with E-state index in [9.17, 15) is 0 Å². The van der Waals surface area contributed by atoms with Crippen molar-refractivity contribution in [3.05, 3.63) is 0 Å². The van der Waals surface area contributed by atoms with E-state index in [0.717, 1.165) is 26.2 Å². The molecule has 0 heterocycles. The summed E-state index contributed by atoms with van der Waals surface area (Å²) in [5, 5.41) is 6.47. The maximum absolute atomic E-state index is 5.39. The third-order valence-corrected chi connectivity index (χ3v) is 1.86. The standard InChI is InChI=1S/C9H23N3/c1-11-8-9-12-7-5-3-2-4-6-10/h11-12H,2-10H2,1H3. The highest BCUT2D eigenvalue weighted by molar-refractivity contribution is 4.50. The Kier molecular flexibility index (Phi) is 10.8. The molecule has 0 radical (unpaired) electrons. The highest BCUT2D eigenvalue weighted by Gasteiger charge is 1.88. The predicted molar refractivity (Wildman–Crippen MR) is 54.3 cm³/mol. The van der Waals surface area contributed by atoms with Crippen LogP contribution in [0.3, 0.4) is 0 Å². The second-order valence-corrected chi connectivity index (χ2v) is 3.06. The van der Waals surface area contributed by atoms with Gasteiger partial charge in [0, 0.05) is 13.1 Å². The Bertz CT molecular complexity index is 66.2. The minimum Gasteiger partial charge on any atom is -0.330 e. The molecule has 0 bridgehead atoms. The molecule has 0 aliphatic heterocycles. The number of hydrogen-bond acceptors (Lipinski definition) is 3. The Labute approximate surface area is 76.1 Å². The zero-order valence-electron chi connectivity index (χ0n) is 8.23.